The van der Waals surface area contributed by atoms with Crippen molar-refractivity contribution in [1.29, 1.82) is 0 Å². The van der Waals surface area contributed by atoms with Gasteiger partial charge in [0.1, 0.15) is 11.6 Å². The van der Waals surface area contributed by atoms with Crippen molar-refractivity contribution in [1.82, 2.24) is 16.0 Å². The van der Waals surface area contributed by atoms with E-state index in [1.165, 1.54) is 12.1 Å². The van der Waals surface area contributed by atoms with Gasteiger partial charge in [-0.1, -0.05) is 20.8 Å². The fraction of sp³-hybridized carbons (Fsp3) is 0.579. The van der Waals surface area contributed by atoms with Crippen molar-refractivity contribution in [2.45, 2.75) is 33.2 Å². The van der Waals surface area contributed by atoms with Crippen molar-refractivity contribution in [3.63, 3.8) is 0 Å². The second-order valence-corrected chi connectivity index (χ2v) is 7.68. The Morgan fingerprint density at radius 3 is 2.59 bits per heavy atom. The van der Waals surface area contributed by atoms with Gasteiger partial charge in [-0.2, -0.15) is 0 Å². The molecule has 0 radical (unpaired) electrons. The molecule has 0 aliphatic carbocycles. The fourth-order valence-corrected chi connectivity index (χ4v) is 2.84. The van der Waals surface area contributed by atoms with E-state index in [-0.39, 0.29) is 11.9 Å². The monoisotopic (exact) mass is 381 g/mol. The molecular formula is C19H29F2N5O. The second kappa shape index (κ2) is 9.01. The van der Waals surface area contributed by atoms with Gasteiger partial charge in [0.2, 0.25) is 5.91 Å². The number of benzene rings is 1. The number of nitrogens with zero attached hydrogens (tertiary/aromatic N) is 2. The van der Waals surface area contributed by atoms with E-state index in [1.807, 2.05) is 25.7 Å². The normalized spacial score (nSPS) is 17.8. The lowest BCUT2D eigenvalue weighted by molar-refractivity contribution is -0.128. The third kappa shape index (κ3) is 6.08. The molecule has 1 unspecified atom stereocenters. The largest absolute Gasteiger partial charge is 0.367 e. The molecule has 1 aliphatic rings. The van der Waals surface area contributed by atoms with E-state index in [9.17, 15) is 13.6 Å². The molecule has 8 heteroatoms. The molecule has 0 saturated carbocycles. The quantitative estimate of drug-likeness (QED) is 0.414. The van der Waals surface area contributed by atoms with Crippen LogP contribution in [0.25, 0.3) is 0 Å². The average molecular weight is 381 g/mol. The molecule has 1 amide bonds. The standard InChI is InChI=1S/C19H29F2N5O/c1-19(2,3)17(27)23-8-9-24-18(22-4)25-14-7-10-26(12-14)16-6-5-13(20)11-15(16)21/h5-6,11,14H,7-10,12H2,1-4H3,(H,23,27)(H2,22,24,25). The van der Waals surface area contributed by atoms with Gasteiger partial charge in [0.15, 0.2) is 5.96 Å². The van der Waals surface area contributed by atoms with Crippen LogP contribution >= 0.6 is 0 Å². The van der Waals surface area contributed by atoms with E-state index < -0.39 is 17.0 Å². The van der Waals surface area contributed by atoms with E-state index in [1.54, 1.807) is 7.05 Å². The molecule has 1 heterocycles. The molecule has 0 spiro atoms. The number of halogens is 2. The van der Waals surface area contributed by atoms with Gasteiger partial charge in [0.25, 0.3) is 0 Å². The van der Waals surface area contributed by atoms with Crippen LogP contribution in [-0.4, -0.2) is 51.1 Å². The lowest BCUT2D eigenvalue weighted by atomic mass is 9.96. The Hall–Kier alpha value is -2.38. The predicted octanol–water partition coefficient (Wildman–Crippen LogP) is 1.87. The Kier molecular flexibility index (Phi) is 6.98. The Morgan fingerprint density at radius 1 is 1.26 bits per heavy atom. The molecule has 1 aromatic rings. The minimum Gasteiger partial charge on any atom is -0.367 e. The summed E-state index contributed by atoms with van der Waals surface area (Å²) in [6, 6.07) is 3.75. The lowest BCUT2D eigenvalue weighted by Gasteiger charge is -2.21. The van der Waals surface area contributed by atoms with Gasteiger partial charge in [-0.3, -0.25) is 9.79 Å². The van der Waals surface area contributed by atoms with E-state index in [2.05, 4.69) is 20.9 Å². The van der Waals surface area contributed by atoms with Crippen molar-refractivity contribution in [3.05, 3.63) is 29.8 Å². The van der Waals surface area contributed by atoms with Crippen LogP contribution in [0.1, 0.15) is 27.2 Å². The molecule has 1 fully saturated rings. The average Bonchev–Trinajstić information content (AvgIpc) is 3.04. The first-order valence-electron chi connectivity index (χ1n) is 9.16. The van der Waals surface area contributed by atoms with Gasteiger partial charge >= 0.3 is 0 Å². The molecular weight excluding hydrogens is 352 g/mol. The lowest BCUT2D eigenvalue weighted by Crippen LogP contribution is -2.47. The highest BCUT2D eigenvalue weighted by atomic mass is 19.1. The van der Waals surface area contributed by atoms with Crippen LogP contribution in [0.15, 0.2) is 23.2 Å². The van der Waals surface area contributed by atoms with Gasteiger partial charge in [0.05, 0.1) is 5.69 Å². The molecule has 0 aromatic heterocycles. The van der Waals surface area contributed by atoms with Gasteiger partial charge in [-0.05, 0) is 18.6 Å². The fourth-order valence-electron chi connectivity index (χ4n) is 2.84. The number of carbonyl (C=O) groups excluding carboxylic acids is 1. The Bertz CT molecular complexity index is 687. The van der Waals surface area contributed by atoms with Gasteiger partial charge in [-0.15, -0.1) is 0 Å². The topological polar surface area (TPSA) is 68.8 Å². The van der Waals surface area contributed by atoms with Crippen molar-refractivity contribution in [3.8, 4) is 0 Å². The number of amides is 1. The summed E-state index contributed by atoms with van der Waals surface area (Å²) < 4.78 is 27.0. The van der Waals surface area contributed by atoms with E-state index in [4.69, 9.17) is 0 Å². The first-order valence-corrected chi connectivity index (χ1v) is 9.16. The Labute approximate surface area is 159 Å². The number of hydrogen-bond acceptors (Lipinski definition) is 3. The summed E-state index contributed by atoms with van der Waals surface area (Å²) in [5.74, 6) is -0.493. The maximum Gasteiger partial charge on any atom is 0.225 e. The number of rotatable bonds is 5. The third-order valence-electron chi connectivity index (χ3n) is 4.39. The van der Waals surface area contributed by atoms with Crippen LogP contribution in [0.4, 0.5) is 14.5 Å². The van der Waals surface area contributed by atoms with Crippen LogP contribution in [0.2, 0.25) is 0 Å². The molecule has 27 heavy (non-hydrogen) atoms. The molecule has 3 N–H and O–H groups in total. The molecule has 1 aliphatic heterocycles. The predicted molar refractivity (Wildman–Crippen MR) is 104 cm³/mol. The number of guanidine groups is 1. The summed E-state index contributed by atoms with van der Waals surface area (Å²) in [4.78, 5) is 17.9. The zero-order valence-electron chi connectivity index (χ0n) is 16.4. The maximum absolute atomic E-state index is 13.9. The van der Waals surface area contributed by atoms with Crippen LogP contribution in [-0.2, 0) is 4.79 Å². The van der Waals surface area contributed by atoms with Gasteiger partial charge in [0, 0.05) is 50.7 Å². The first-order chi connectivity index (χ1) is 12.7. The van der Waals surface area contributed by atoms with Crippen molar-refractivity contribution in [2.75, 3.05) is 38.1 Å². The van der Waals surface area contributed by atoms with Crippen molar-refractivity contribution in [2.24, 2.45) is 10.4 Å². The summed E-state index contributed by atoms with van der Waals surface area (Å²) in [5, 5.41) is 9.33. The zero-order valence-corrected chi connectivity index (χ0v) is 16.4. The minimum absolute atomic E-state index is 0.00000520. The molecule has 6 nitrogen and oxygen atoms in total. The van der Waals surface area contributed by atoms with Gasteiger partial charge < -0.3 is 20.9 Å². The van der Waals surface area contributed by atoms with E-state index >= 15 is 0 Å². The molecule has 2 rings (SSSR count). The summed E-state index contributed by atoms with van der Waals surface area (Å²) >= 11 is 0. The maximum atomic E-state index is 13.9. The molecule has 1 saturated heterocycles. The summed E-state index contributed by atoms with van der Waals surface area (Å²) in [6.45, 7) is 7.92. The number of nitrogens with one attached hydrogen (secondary N) is 3. The highest BCUT2D eigenvalue weighted by Gasteiger charge is 2.25. The number of anilines is 1. The smallest absolute Gasteiger partial charge is 0.225 e. The van der Waals surface area contributed by atoms with Crippen molar-refractivity contribution >= 4 is 17.6 Å². The number of aliphatic imine (C=N–C) groups is 1. The summed E-state index contributed by atoms with van der Waals surface area (Å²) in [7, 11) is 1.68. The number of carbonyl (C=O) groups is 1. The molecule has 0 bridgehead atoms. The third-order valence-corrected chi connectivity index (χ3v) is 4.39. The molecule has 1 atom stereocenters. The van der Waals surface area contributed by atoms with Gasteiger partial charge in [-0.25, -0.2) is 8.78 Å². The minimum atomic E-state index is -0.576. The Balaban J connectivity index is 1.78. The SMILES string of the molecule is CN=C(NCCNC(=O)C(C)(C)C)NC1CCN(c2ccc(F)cc2F)C1. The van der Waals surface area contributed by atoms with Crippen LogP contribution < -0.4 is 20.9 Å². The van der Waals surface area contributed by atoms with Crippen molar-refractivity contribution < 1.29 is 13.6 Å². The highest BCUT2D eigenvalue weighted by Crippen LogP contribution is 2.24. The van der Waals surface area contributed by atoms with E-state index in [0.717, 1.165) is 12.5 Å². The zero-order chi connectivity index (χ0) is 20.0. The second-order valence-electron chi connectivity index (χ2n) is 7.68. The van der Waals surface area contributed by atoms with Crippen LogP contribution in [0, 0.1) is 17.0 Å². The summed E-state index contributed by atoms with van der Waals surface area (Å²) in [5.41, 5.74) is -0.00315. The molecule has 150 valence electrons. The van der Waals surface area contributed by atoms with E-state index in [0.29, 0.717) is 37.8 Å². The highest BCUT2D eigenvalue weighted by molar-refractivity contribution is 5.82. The van der Waals surface area contributed by atoms with Crippen LogP contribution in [0.5, 0.6) is 0 Å². The number of hydrogen-bond donors (Lipinski definition) is 3. The summed E-state index contributed by atoms with van der Waals surface area (Å²) in [6.07, 6.45) is 0.818. The Morgan fingerprint density at radius 2 is 1.96 bits per heavy atom. The molecule has 1 aromatic carbocycles. The van der Waals surface area contributed by atoms with Crippen LogP contribution in [0.3, 0.4) is 0 Å². The first kappa shape index (κ1) is 20.9.